The lowest BCUT2D eigenvalue weighted by Crippen LogP contribution is -2.42. The van der Waals surface area contributed by atoms with Crippen LogP contribution in [0.2, 0.25) is 5.02 Å². The van der Waals surface area contributed by atoms with Crippen LogP contribution < -0.4 is 10.1 Å². The van der Waals surface area contributed by atoms with Crippen LogP contribution in [0.4, 0.5) is 10.1 Å². The molecule has 1 N–H and O–H groups in total. The van der Waals surface area contributed by atoms with E-state index in [9.17, 15) is 9.18 Å². The molecule has 1 amide bonds. The van der Waals surface area contributed by atoms with Crippen LogP contribution in [0.1, 0.15) is 13.8 Å². The second-order valence-corrected chi connectivity index (χ2v) is 5.47. The summed E-state index contributed by atoms with van der Waals surface area (Å²) in [5.41, 5.74) is -0.525. The highest BCUT2D eigenvalue weighted by molar-refractivity contribution is 6.30. The second-order valence-electron chi connectivity index (χ2n) is 5.03. The molecule has 0 atom stereocenters. The van der Waals surface area contributed by atoms with E-state index in [2.05, 4.69) is 5.32 Å². The van der Waals surface area contributed by atoms with Gasteiger partial charge < -0.3 is 10.1 Å². The monoisotopic (exact) mass is 307 g/mol. The van der Waals surface area contributed by atoms with Crippen LogP contribution in [0, 0.1) is 5.82 Å². The Morgan fingerprint density at radius 2 is 1.86 bits per heavy atom. The predicted octanol–water partition coefficient (Wildman–Crippen LogP) is 4.28. The molecule has 0 aliphatic rings. The molecular weight excluding hydrogens is 293 g/mol. The van der Waals surface area contributed by atoms with E-state index >= 15 is 0 Å². The largest absolute Gasteiger partial charge is 0.478 e. The zero-order valence-corrected chi connectivity index (χ0v) is 12.4. The third-order valence-electron chi connectivity index (χ3n) is 2.82. The normalized spacial score (nSPS) is 11.0. The molecule has 0 unspecified atom stereocenters. The molecule has 0 fully saturated rings. The number of carbonyl (C=O) groups excluding carboxylic acids is 1. The third-order valence-corrected chi connectivity index (χ3v) is 3.05. The highest BCUT2D eigenvalue weighted by Crippen LogP contribution is 2.21. The molecule has 0 heterocycles. The topological polar surface area (TPSA) is 38.3 Å². The van der Waals surface area contributed by atoms with Crippen molar-refractivity contribution in [3.05, 3.63) is 59.4 Å². The van der Waals surface area contributed by atoms with E-state index in [1.54, 1.807) is 38.1 Å². The van der Waals surface area contributed by atoms with Crippen molar-refractivity contribution in [3.8, 4) is 5.75 Å². The van der Waals surface area contributed by atoms with E-state index in [1.165, 1.54) is 24.3 Å². The van der Waals surface area contributed by atoms with Gasteiger partial charge in [0.2, 0.25) is 0 Å². The minimum absolute atomic E-state index is 0.325. The number of hydrogen-bond donors (Lipinski definition) is 1. The van der Waals surface area contributed by atoms with E-state index < -0.39 is 5.60 Å². The molecule has 0 bridgehead atoms. The Labute approximate surface area is 127 Å². The average molecular weight is 308 g/mol. The van der Waals surface area contributed by atoms with Gasteiger partial charge >= 0.3 is 0 Å². The first-order valence-corrected chi connectivity index (χ1v) is 6.76. The van der Waals surface area contributed by atoms with E-state index in [-0.39, 0.29) is 11.7 Å². The molecule has 21 heavy (non-hydrogen) atoms. The maximum atomic E-state index is 12.9. The van der Waals surface area contributed by atoms with Crippen molar-refractivity contribution in [2.45, 2.75) is 19.4 Å². The molecule has 0 spiro atoms. The van der Waals surface area contributed by atoms with Gasteiger partial charge in [0.1, 0.15) is 11.6 Å². The van der Waals surface area contributed by atoms with Crippen molar-refractivity contribution in [3.63, 3.8) is 0 Å². The van der Waals surface area contributed by atoms with Crippen LogP contribution in [0.5, 0.6) is 5.75 Å². The number of benzene rings is 2. The zero-order valence-electron chi connectivity index (χ0n) is 11.7. The Kier molecular flexibility index (Phi) is 4.48. The smallest absolute Gasteiger partial charge is 0.267 e. The van der Waals surface area contributed by atoms with Crippen LogP contribution in [-0.4, -0.2) is 11.5 Å². The summed E-state index contributed by atoms with van der Waals surface area (Å²) in [4.78, 5) is 12.3. The Bertz CT molecular complexity index is 641. The first kappa shape index (κ1) is 15.3. The van der Waals surface area contributed by atoms with E-state index in [1.807, 2.05) is 0 Å². The summed E-state index contributed by atoms with van der Waals surface area (Å²) in [5.74, 6) is -0.264. The number of rotatable bonds is 4. The molecule has 0 aromatic heterocycles. The predicted molar refractivity (Wildman–Crippen MR) is 81.2 cm³/mol. The van der Waals surface area contributed by atoms with Crippen molar-refractivity contribution in [2.75, 3.05) is 5.32 Å². The first-order chi connectivity index (χ1) is 9.87. The van der Waals surface area contributed by atoms with Crippen LogP contribution in [0.15, 0.2) is 48.5 Å². The summed E-state index contributed by atoms with van der Waals surface area (Å²) < 4.78 is 18.5. The number of nitrogens with one attached hydrogen (secondary N) is 1. The molecule has 0 aliphatic carbocycles. The summed E-state index contributed by atoms with van der Waals surface area (Å²) in [6, 6.07) is 12.3. The highest BCUT2D eigenvalue weighted by atomic mass is 35.5. The number of carbonyl (C=O) groups is 1. The van der Waals surface area contributed by atoms with Gasteiger partial charge in [0, 0.05) is 10.7 Å². The molecule has 3 nitrogen and oxygen atoms in total. The number of ether oxygens (including phenoxy) is 1. The molecular formula is C16H15ClFNO2. The van der Waals surface area contributed by atoms with Crippen LogP contribution in [-0.2, 0) is 4.79 Å². The number of anilines is 1. The fraction of sp³-hybridized carbons (Fsp3) is 0.188. The molecule has 0 saturated carbocycles. The highest BCUT2D eigenvalue weighted by Gasteiger charge is 2.30. The zero-order chi connectivity index (χ0) is 15.5. The number of amides is 1. The summed E-state index contributed by atoms with van der Waals surface area (Å²) in [7, 11) is 0. The SMILES string of the molecule is CC(C)(Oc1ccc(F)cc1)C(=O)Nc1cccc(Cl)c1. The molecule has 2 aromatic carbocycles. The van der Waals surface area contributed by atoms with Gasteiger partial charge in [-0.05, 0) is 56.3 Å². The van der Waals surface area contributed by atoms with E-state index in [0.717, 1.165) is 0 Å². The molecule has 0 radical (unpaired) electrons. The van der Waals surface area contributed by atoms with Crippen LogP contribution >= 0.6 is 11.6 Å². The molecule has 2 aromatic rings. The minimum atomic E-state index is -1.11. The van der Waals surface area contributed by atoms with Crippen molar-refractivity contribution >= 4 is 23.2 Å². The van der Waals surface area contributed by atoms with Gasteiger partial charge in [0.25, 0.3) is 5.91 Å². The lowest BCUT2D eigenvalue weighted by Gasteiger charge is -2.25. The van der Waals surface area contributed by atoms with Gasteiger partial charge in [0.05, 0.1) is 0 Å². The van der Waals surface area contributed by atoms with Gasteiger partial charge in [0.15, 0.2) is 5.60 Å². The Morgan fingerprint density at radius 3 is 2.48 bits per heavy atom. The van der Waals surface area contributed by atoms with E-state index in [4.69, 9.17) is 16.3 Å². The molecule has 110 valence electrons. The van der Waals surface area contributed by atoms with Crippen LogP contribution in [0.25, 0.3) is 0 Å². The van der Waals surface area contributed by atoms with Crippen molar-refractivity contribution in [1.29, 1.82) is 0 Å². The lowest BCUT2D eigenvalue weighted by atomic mass is 10.1. The van der Waals surface area contributed by atoms with Crippen molar-refractivity contribution in [2.24, 2.45) is 0 Å². The van der Waals surface area contributed by atoms with Gasteiger partial charge in [-0.25, -0.2) is 4.39 Å². The van der Waals surface area contributed by atoms with Gasteiger partial charge in [-0.1, -0.05) is 17.7 Å². The first-order valence-electron chi connectivity index (χ1n) is 6.38. The summed E-state index contributed by atoms with van der Waals surface area (Å²) >= 11 is 5.87. The maximum absolute atomic E-state index is 12.9. The Balaban J connectivity index is 2.07. The molecule has 0 aliphatic heterocycles. The van der Waals surface area contributed by atoms with Crippen LogP contribution in [0.3, 0.4) is 0 Å². The van der Waals surface area contributed by atoms with Gasteiger partial charge in [-0.15, -0.1) is 0 Å². The van der Waals surface area contributed by atoms with Gasteiger partial charge in [-0.2, -0.15) is 0 Å². The lowest BCUT2D eigenvalue weighted by molar-refractivity contribution is -0.128. The quantitative estimate of drug-likeness (QED) is 0.915. The summed E-state index contributed by atoms with van der Waals surface area (Å²) in [6.07, 6.45) is 0. The fourth-order valence-corrected chi connectivity index (χ4v) is 1.88. The minimum Gasteiger partial charge on any atom is -0.478 e. The molecule has 5 heteroatoms. The van der Waals surface area contributed by atoms with Gasteiger partial charge in [-0.3, -0.25) is 4.79 Å². The summed E-state index contributed by atoms with van der Waals surface area (Å²) in [5, 5.41) is 3.26. The average Bonchev–Trinajstić information content (AvgIpc) is 2.41. The van der Waals surface area contributed by atoms with Crippen molar-refractivity contribution in [1.82, 2.24) is 0 Å². The number of hydrogen-bond acceptors (Lipinski definition) is 2. The molecule has 2 rings (SSSR count). The summed E-state index contributed by atoms with van der Waals surface area (Å²) in [6.45, 7) is 3.27. The van der Waals surface area contributed by atoms with Crippen molar-refractivity contribution < 1.29 is 13.9 Å². The Hall–Kier alpha value is -2.07. The molecule has 0 saturated heterocycles. The fourth-order valence-electron chi connectivity index (χ4n) is 1.69. The standard InChI is InChI=1S/C16H15ClFNO2/c1-16(2,21-14-8-6-12(18)7-9-14)15(20)19-13-5-3-4-11(17)10-13/h3-10H,1-2H3,(H,19,20). The number of halogens is 2. The second kappa shape index (κ2) is 6.14. The maximum Gasteiger partial charge on any atom is 0.267 e. The third kappa shape index (κ3) is 4.20. The Morgan fingerprint density at radius 1 is 1.19 bits per heavy atom. The van der Waals surface area contributed by atoms with E-state index in [0.29, 0.717) is 16.5 Å².